The van der Waals surface area contributed by atoms with Crippen LogP contribution in [0.4, 0.5) is 0 Å². The van der Waals surface area contributed by atoms with Gasteiger partial charge in [-0.15, -0.1) is 11.8 Å². The van der Waals surface area contributed by atoms with Gasteiger partial charge in [0.25, 0.3) is 0 Å². The van der Waals surface area contributed by atoms with Crippen molar-refractivity contribution >= 4 is 11.8 Å². The predicted octanol–water partition coefficient (Wildman–Crippen LogP) is 4.30. The number of aliphatic hydroxyl groups excluding tert-OH is 1. The van der Waals surface area contributed by atoms with Crippen LogP contribution in [0.3, 0.4) is 0 Å². The maximum Gasteiger partial charge on any atom is 0.119 e. The molecule has 1 N–H and O–H groups in total. The molecule has 2 rings (SSSR count). The molecule has 0 aliphatic rings. The summed E-state index contributed by atoms with van der Waals surface area (Å²) in [6, 6.07) is 18.0. The molecule has 106 valence electrons. The zero-order valence-corrected chi connectivity index (χ0v) is 12.5. The van der Waals surface area contributed by atoms with Crippen LogP contribution < -0.4 is 4.74 Å². The summed E-state index contributed by atoms with van der Waals surface area (Å²) in [5.41, 5.74) is 0.943. The highest BCUT2D eigenvalue weighted by atomic mass is 32.2. The molecule has 0 saturated heterocycles. The van der Waals surface area contributed by atoms with Crippen LogP contribution in [0.25, 0.3) is 0 Å². The molecule has 20 heavy (non-hydrogen) atoms. The largest absolute Gasteiger partial charge is 0.493 e. The summed E-state index contributed by atoms with van der Waals surface area (Å²) in [7, 11) is 0. The highest BCUT2D eigenvalue weighted by Crippen LogP contribution is 2.21. The van der Waals surface area contributed by atoms with Gasteiger partial charge in [0.2, 0.25) is 0 Å². The molecular formula is C17H20O2S. The quantitative estimate of drug-likeness (QED) is 0.608. The van der Waals surface area contributed by atoms with Crippen LogP contribution in [-0.4, -0.2) is 17.5 Å². The highest BCUT2D eigenvalue weighted by Gasteiger charge is 2.04. The van der Waals surface area contributed by atoms with Crippen molar-refractivity contribution in [2.24, 2.45) is 0 Å². The van der Waals surface area contributed by atoms with Gasteiger partial charge in [0, 0.05) is 10.6 Å². The third-order valence-electron chi connectivity index (χ3n) is 3.02. The number of thioether (sulfide) groups is 1. The average molecular weight is 288 g/mol. The second-order valence-corrected chi connectivity index (χ2v) is 5.67. The topological polar surface area (TPSA) is 29.5 Å². The van der Waals surface area contributed by atoms with Gasteiger partial charge < -0.3 is 9.84 Å². The second kappa shape index (κ2) is 7.98. The molecule has 1 atom stereocenters. The Bertz CT molecular complexity index is 496. The van der Waals surface area contributed by atoms with Gasteiger partial charge in [0.1, 0.15) is 5.75 Å². The molecule has 0 saturated carbocycles. The van der Waals surface area contributed by atoms with Crippen LogP contribution in [0.5, 0.6) is 5.75 Å². The van der Waals surface area contributed by atoms with Gasteiger partial charge in [-0.2, -0.15) is 0 Å². The molecule has 0 amide bonds. The minimum atomic E-state index is -0.377. The van der Waals surface area contributed by atoms with Crippen LogP contribution in [0, 0.1) is 0 Å². The van der Waals surface area contributed by atoms with E-state index >= 15 is 0 Å². The first-order valence-corrected chi connectivity index (χ1v) is 7.87. The Balaban J connectivity index is 1.74. The van der Waals surface area contributed by atoms with Crippen molar-refractivity contribution in [3.05, 3.63) is 60.2 Å². The fourth-order valence-corrected chi connectivity index (χ4v) is 2.61. The standard InChI is InChI=1S/C17H20O2S/c1-2-17(18)14-8-10-15(11-9-14)19-12-13-20-16-6-4-3-5-7-16/h3-11,17-18H,2,12-13H2,1H3/t17-/m0/s1. The smallest absolute Gasteiger partial charge is 0.119 e. The zero-order valence-electron chi connectivity index (χ0n) is 11.7. The Kier molecular flexibility index (Phi) is 5.96. The van der Waals surface area contributed by atoms with E-state index < -0.39 is 0 Å². The summed E-state index contributed by atoms with van der Waals surface area (Å²) in [5, 5.41) is 9.72. The average Bonchev–Trinajstić information content (AvgIpc) is 2.52. The van der Waals surface area contributed by atoms with Gasteiger partial charge in [-0.05, 0) is 36.2 Å². The van der Waals surface area contributed by atoms with Crippen molar-refractivity contribution < 1.29 is 9.84 Å². The minimum Gasteiger partial charge on any atom is -0.493 e. The van der Waals surface area contributed by atoms with Crippen molar-refractivity contribution in [3.8, 4) is 5.75 Å². The van der Waals surface area contributed by atoms with E-state index in [9.17, 15) is 5.11 Å². The summed E-state index contributed by atoms with van der Waals surface area (Å²) >= 11 is 1.79. The molecule has 0 spiro atoms. The van der Waals surface area contributed by atoms with E-state index in [1.54, 1.807) is 11.8 Å². The Morgan fingerprint density at radius 3 is 2.40 bits per heavy atom. The van der Waals surface area contributed by atoms with E-state index in [0.717, 1.165) is 23.5 Å². The summed E-state index contributed by atoms with van der Waals surface area (Å²) in [6.45, 7) is 2.64. The fraction of sp³-hybridized carbons (Fsp3) is 0.294. The van der Waals surface area contributed by atoms with Gasteiger partial charge in [-0.3, -0.25) is 0 Å². The number of aliphatic hydroxyl groups is 1. The van der Waals surface area contributed by atoms with E-state index in [1.807, 2.05) is 49.4 Å². The monoisotopic (exact) mass is 288 g/mol. The van der Waals surface area contributed by atoms with E-state index in [4.69, 9.17) is 4.74 Å². The Morgan fingerprint density at radius 2 is 1.75 bits per heavy atom. The number of rotatable bonds is 7. The van der Waals surface area contributed by atoms with Crippen molar-refractivity contribution in [3.63, 3.8) is 0 Å². The lowest BCUT2D eigenvalue weighted by Crippen LogP contribution is -2.00. The van der Waals surface area contributed by atoms with Crippen LogP contribution in [-0.2, 0) is 0 Å². The summed E-state index contributed by atoms with van der Waals surface area (Å²) < 4.78 is 5.69. The molecule has 0 aliphatic carbocycles. The van der Waals surface area contributed by atoms with Gasteiger partial charge in [-0.1, -0.05) is 37.3 Å². The maximum atomic E-state index is 9.72. The second-order valence-electron chi connectivity index (χ2n) is 4.50. The van der Waals surface area contributed by atoms with E-state index in [0.29, 0.717) is 6.61 Å². The number of benzene rings is 2. The van der Waals surface area contributed by atoms with E-state index in [-0.39, 0.29) is 6.10 Å². The van der Waals surface area contributed by atoms with Crippen molar-refractivity contribution in [1.29, 1.82) is 0 Å². The molecule has 0 aromatic heterocycles. The molecule has 2 aromatic rings. The van der Waals surface area contributed by atoms with Gasteiger partial charge in [-0.25, -0.2) is 0 Å². The molecule has 0 radical (unpaired) electrons. The molecule has 0 heterocycles. The van der Waals surface area contributed by atoms with Crippen LogP contribution in [0.15, 0.2) is 59.5 Å². The predicted molar refractivity (Wildman–Crippen MR) is 84.4 cm³/mol. The normalized spacial score (nSPS) is 12.1. The van der Waals surface area contributed by atoms with Crippen LogP contribution in [0.1, 0.15) is 25.0 Å². The van der Waals surface area contributed by atoms with Gasteiger partial charge in [0.15, 0.2) is 0 Å². The third-order valence-corrected chi connectivity index (χ3v) is 3.99. The first-order chi connectivity index (χ1) is 9.79. The molecule has 2 aromatic carbocycles. The van der Waals surface area contributed by atoms with Crippen molar-refractivity contribution in [2.45, 2.75) is 24.3 Å². The van der Waals surface area contributed by atoms with E-state index in [2.05, 4.69) is 12.1 Å². The SMILES string of the molecule is CC[C@H](O)c1ccc(OCCSc2ccccc2)cc1. The number of hydrogen-bond donors (Lipinski definition) is 1. The summed E-state index contributed by atoms with van der Waals surface area (Å²) in [4.78, 5) is 1.26. The third kappa shape index (κ3) is 4.58. The number of ether oxygens (including phenoxy) is 1. The molecule has 0 bridgehead atoms. The molecular weight excluding hydrogens is 268 g/mol. The number of hydrogen-bond acceptors (Lipinski definition) is 3. The van der Waals surface area contributed by atoms with Crippen LogP contribution in [0.2, 0.25) is 0 Å². The van der Waals surface area contributed by atoms with Gasteiger partial charge in [0.05, 0.1) is 12.7 Å². The molecule has 3 heteroatoms. The fourth-order valence-electron chi connectivity index (χ4n) is 1.86. The Hall–Kier alpha value is -1.45. The van der Waals surface area contributed by atoms with Gasteiger partial charge >= 0.3 is 0 Å². The van der Waals surface area contributed by atoms with Crippen LogP contribution >= 0.6 is 11.8 Å². The molecule has 2 nitrogen and oxygen atoms in total. The lowest BCUT2D eigenvalue weighted by atomic mass is 10.1. The zero-order chi connectivity index (χ0) is 14.2. The first kappa shape index (κ1) is 14.9. The highest BCUT2D eigenvalue weighted by molar-refractivity contribution is 7.99. The Labute approximate surface area is 124 Å². The molecule has 0 unspecified atom stereocenters. The lowest BCUT2D eigenvalue weighted by Gasteiger charge is -2.10. The minimum absolute atomic E-state index is 0.377. The maximum absolute atomic E-state index is 9.72. The first-order valence-electron chi connectivity index (χ1n) is 6.88. The van der Waals surface area contributed by atoms with Crippen molar-refractivity contribution in [1.82, 2.24) is 0 Å². The Morgan fingerprint density at radius 1 is 1.05 bits per heavy atom. The van der Waals surface area contributed by atoms with E-state index in [1.165, 1.54) is 4.90 Å². The molecule has 0 aliphatic heterocycles. The van der Waals surface area contributed by atoms with Crippen molar-refractivity contribution in [2.75, 3.05) is 12.4 Å². The summed E-state index contributed by atoms with van der Waals surface area (Å²) in [6.07, 6.45) is 0.353. The molecule has 0 fully saturated rings. The lowest BCUT2D eigenvalue weighted by molar-refractivity contribution is 0.173. The summed E-state index contributed by atoms with van der Waals surface area (Å²) in [5.74, 6) is 1.77.